The van der Waals surface area contributed by atoms with Crippen LogP contribution in [0.3, 0.4) is 0 Å². The Morgan fingerprint density at radius 2 is 1.56 bits per heavy atom. The molecule has 0 heterocycles. The fourth-order valence-corrected chi connectivity index (χ4v) is 2.59. The molecule has 1 aliphatic carbocycles. The Labute approximate surface area is 105 Å². The molecule has 3 heteroatoms. The summed E-state index contributed by atoms with van der Waals surface area (Å²) in [6, 6.07) is 16.6. The van der Waals surface area contributed by atoms with Crippen LogP contribution in [0.25, 0.3) is 11.1 Å². The molecule has 18 heavy (non-hydrogen) atoms. The number of amides is 1. The molecule has 1 amide bonds. The first-order valence-corrected chi connectivity index (χ1v) is 5.84. The Kier molecular flexibility index (Phi) is 2.82. The lowest BCUT2D eigenvalue weighted by Crippen LogP contribution is -2.17. The summed E-state index contributed by atoms with van der Waals surface area (Å²) in [5.74, 6) is 0.165. The van der Waals surface area contributed by atoms with Crippen LogP contribution in [-0.4, -0.2) is 13.0 Å². The Balaban J connectivity index is 2.01. The van der Waals surface area contributed by atoms with Crippen molar-refractivity contribution >= 4 is 6.41 Å². The lowest BCUT2D eigenvalue weighted by molar-refractivity contribution is 0.0777. The monoisotopic (exact) mass is 238 g/mol. The molecule has 89 valence electrons. The quantitative estimate of drug-likeness (QED) is 0.504. The first-order valence-electron chi connectivity index (χ1n) is 5.84. The molecule has 0 spiro atoms. The standard InChI is InChI=1S/C15H12NO2/c17-10-16-18-9-15-13-7-3-1-5-11(13)12-6-2-4-8-14(12)15/h1-8,15H,9H2,(H,16,17). The van der Waals surface area contributed by atoms with Crippen molar-refractivity contribution in [3.05, 3.63) is 59.7 Å². The fourth-order valence-electron chi connectivity index (χ4n) is 2.59. The van der Waals surface area contributed by atoms with Crippen LogP contribution >= 0.6 is 0 Å². The number of fused-ring (bicyclic) bond motifs is 3. The van der Waals surface area contributed by atoms with Gasteiger partial charge in [-0.3, -0.25) is 9.63 Å². The number of nitrogens with one attached hydrogen (secondary N) is 1. The summed E-state index contributed by atoms with van der Waals surface area (Å²) in [6.45, 7) is 0.420. The van der Waals surface area contributed by atoms with Gasteiger partial charge in [0, 0.05) is 5.92 Å². The van der Waals surface area contributed by atoms with E-state index >= 15 is 0 Å². The van der Waals surface area contributed by atoms with Crippen LogP contribution in [0, 0.1) is 0 Å². The lowest BCUT2D eigenvalue weighted by atomic mass is 9.98. The zero-order chi connectivity index (χ0) is 12.4. The van der Waals surface area contributed by atoms with Gasteiger partial charge in [-0.2, -0.15) is 0 Å². The van der Waals surface area contributed by atoms with Crippen LogP contribution in [-0.2, 0) is 9.63 Å². The predicted molar refractivity (Wildman–Crippen MR) is 68.5 cm³/mol. The molecule has 0 fully saturated rings. The summed E-state index contributed by atoms with van der Waals surface area (Å²) in [5.41, 5.74) is 7.11. The Morgan fingerprint density at radius 3 is 2.11 bits per heavy atom. The van der Waals surface area contributed by atoms with Gasteiger partial charge >= 0.3 is 6.41 Å². The molecule has 2 aromatic rings. The van der Waals surface area contributed by atoms with Gasteiger partial charge in [0.2, 0.25) is 0 Å². The second-order valence-electron chi connectivity index (χ2n) is 4.24. The van der Waals surface area contributed by atoms with Gasteiger partial charge < -0.3 is 0 Å². The van der Waals surface area contributed by atoms with Crippen LogP contribution in [0.2, 0.25) is 0 Å². The first-order chi connectivity index (χ1) is 8.92. The molecule has 3 nitrogen and oxygen atoms in total. The van der Waals surface area contributed by atoms with E-state index in [0.29, 0.717) is 6.61 Å². The van der Waals surface area contributed by atoms with Crippen LogP contribution < -0.4 is 5.48 Å². The zero-order valence-corrected chi connectivity index (χ0v) is 9.72. The maximum atomic E-state index is 10.1. The molecule has 0 atom stereocenters. The van der Waals surface area contributed by atoms with Crippen molar-refractivity contribution in [2.75, 3.05) is 6.61 Å². The minimum Gasteiger partial charge on any atom is -0.272 e. The van der Waals surface area contributed by atoms with Crippen molar-refractivity contribution in [2.24, 2.45) is 0 Å². The third-order valence-electron chi connectivity index (χ3n) is 3.33. The van der Waals surface area contributed by atoms with E-state index in [1.165, 1.54) is 28.7 Å². The second-order valence-corrected chi connectivity index (χ2v) is 4.24. The van der Waals surface area contributed by atoms with Crippen molar-refractivity contribution in [3.63, 3.8) is 0 Å². The Hall–Kier alpha value is -2.13. The molecule has 0 aromatic heterocycles. The van der Waals surface area contributed by atoms with Crippen molar-refractivity contribution in [1.82, 2.24) is 5.48 Å². The third kappa shape index (κ3) is 1.69. The van der Waals surface area contributed by atoms with E-state index in [1.807, 2.05) is 24.3 Å². The van der Waals surface area contributed by atoms with Crippen LogP contribution in [0.1, 0.15) is 17.0 Å². The number of hydrogen-bond acceptors (Lipinski definition) is 2. The van der Waals surface area contributed by atoms with Crippen molar-refractivity contribution in [3.8, 4) is 11.1 Å². The Morgan fingerprint density at radius 1 is 1.00 bits per heavy atom. The lowest BCUT2D eigenvalue weighted by Gasteiger charge is -2.12. The molecule has 3 rings (SSSR count). The molecule has 1 radical (unpaired) electrons. The number of rotatable bonds is 4. The minimum absolute atomic E-state index is 0.165. The topological polar surface area (TPSA) is 38.3 Å². The number of carbonyl (C=O) groups excluding carboxylic acids is 1. The van der Waals surface area contributed by atoms with Gasteiger partial charge in [0.1, 0.15) is 0 Å². The summed E-state index contributed by atoms with van der Waals surface area (Å²) >= 11 is 0. The van der Waals surface area contributed by atoms with Gasteiger partial charge in [-0.1, -0.05) is 48.5 Å². The summed E-state index contributed by atoms with van der Waals surface area (Å²) in [6.07, 6.45) is 1.52. The fraction of sp³-hybridized carbons (Fsp3) is 0.133. The highest BCUT2D eigenvalue weighted by atomic mass is 16.6. The highest BCUT2D eigenvalue weighted by Crippen LogP contribution is 2.44. The molecule has 2 aromatic carbocycles. The van der Waals surface area contributed by atoms with E-state index in [4.69, 9.17) is 4.84 Å². The molecule has 0 saturated carbocycles. The third-order valence-corrected chi connectivity index (χ3v) is 3.33. The SMILES string of the molecule is O=[C]NOCC1c2ccccc2-c2ccccc21. The minimum atomic E-state index is 0.165. The van der Waals surface area contributed by atoms with Gasteiger partial charge in [0.25, 0.3) is 0 Å². The van der Waals surface area contributed by atoms with Crippen LogP contribution in [0.15, 0.2) is 48.5 Å². The molecule has 0 unspecified atom stereocenters. The summed E-state index contributed by atoms with van der Waals surface area (Å²) in [5, 5.41) is 0. The average molecular weight is 238 g/mol. The number of hydroxylamine groups is 1. The molecule has 0 saturated heterocycles. The van der Waals surface area contributed by atoms with Crippen molar-refractivity contribution < 1.29 is 9.63 Å². The van der Waals surface area contributed by atoms with E-state index in [0.717, 1.165) is 0 Å². The van der Waals surface area contributed by atoms with Gasteiger partial charge in [-0.05, 0) is 22.3 Å². The highest BCUT2D eigenvalue weighted by Gasteiger charge is 2.27. The summed E-state index contributed by atoms with van der Waals surface area (Å²) in [4.78, 5) is 15.2. The molecule has 1 N–H and O–H groups in total. The maximum absolute atomic E-state index is 10.1. The predicted octanol–water partition coefficient (Wildman–Crippen LogP) is 2.39. The van der Waals surface area contributed by atoms with Crippen molar-refractivity contribution in [1.29, 1.82) is 0 Å². The molecule has 0 aliphatic heterocycles. The number of benzene rings is 2. The van der Waals surface area contributed by atoms with Gasteiger partial charge in [-0.15, -0.1) is 0 Å². The smallest absolute Gasteiger partial charge is 0.272 e. The molecule has 0 bridgehead atoms. The summed E-state index contributed by atoms with van der Waals surface area (Å²) in [7, 11) is 0. The van der Waals surface area contributed by atoms with Crippen molar-refractivity contribution in [2.45, 2.75) is 5.92 Å². The van der Waals surface area contributed by atoms with Crippen LogP contribution in [0.4, 0.5) is 0 Å². The molecule has 1 aliphatic rings. The van der Waals surface area contributed by atoms with E-state index < -0.39 is 0 Å². The van der Waals surface area contributed by atoms with Crippen LogP contribution in [0.5, 0.6) is 0 Å². The normalized spacial score (nSPS) is 12.9. The molecular weight excluding hydrogens is 226 g/mol. The Bertz CT molecular complexity index is 535. The summed E-state index contributed by atoms with van der Waals surface area (Å²) < 4.78 is 0. The van der Waals surface area contributed by atoms with Gasteiger partial charge in [-0.25, -0.2) is 5.48 Å². The van der Waals surface area contributed by atoms with E-state index in [1.54, 1.807) is 0 Å². The molecular formula is C15H12NO2. The second kappa shape index (κ2) is 4.63. The van der Waals surface area contributed by atoms with E-state index in [2.05, 4.69) is 29.7 Å². The highest BCUT2D eigenvalue weighted by molar-refractivity contribution is 5.78. The first kappa shape index (κ1) is 11.0. The van der Waals surface area contributed by atoms with Gasteiger partial charge in [0.05, 0.1) is 6.61 Å². The van der Waals surface area contributed by atoms with E-state index in [9.17, 15) is 4.79 Å². The van der Waals surface area contributed by atoms with E-state index in [-0.39, 0.29) is 5.92 Å². The average Bonchev–Trinajstić information content (AvgIpc) is 2.74. The number of hydrogen-bond donors (Lipinski definition) is 1. The van der Waals surface area contributed by atoms with Gasteiger partial charge in [0.15, 0.2) is 0 Å². The maximum Gasteiger partial charge on any atom is 0.335 e. The zero-order valence-electron chi connectivity index (χ0n) is 9.72. The largest absolute Gasteiger partial charge is 0.335 e.